The number of thiophene rings is 1. The highest BCUT2D eigenvalue weighted by atomic mass is 35.5. The van der Waals surface area contributed by atoms with E-state index >= 15 is 0 Å². The maximum absolute atomic E-state index is 5.79. The SMILES string of the molecule is CCC(=Cc1ccc(Cl)s1)CN. The second-order valence-corrected chi connectivity index (χ2v) is 4.25. The fraction of sp³-hybridized carbons (Fsp3) is 0.333. The van der Waals surface area contributed by atoms with Crippen LogP contribution >= 0.6 is 22.9 Å². The molecule has 0 aromatic carbocycles. The lowest BCUT2D eigenvalue weighted by molar-refractivity contribution is 1.02. The summed E-state index contributed by atoms with van der Waals surface area (Å²) in [5.41, 5.74) is 6.80. The molecular formula is C9H12ClNS. The minimum Gasteiger partial charge on any atom is -0.327 e. The van der Waals surface area contributed by atoms with Crippen LogP contribution in [0.15, 0.2) is 17.7 Å². The van der Waals surface area contributed by atoms with Gasteiger partial charge in [0.1, 0.15) is 0 Å². The molecule has 0 aliphatic carbocycles. The molecule has 0 unspecified atom stereocenters. The van der Waals surface area contributed by atoms with E-state index in [2.05, 4.69) is 13.0 Å². The van der Waals surface area contributed by atoms with Crippen molar-refractivity contribution >= 4 is 29.0 Å². The van der Waals surface area contributed by atoms with Gasteiger partial charge in [-0.3, -0.25) is 0 Å². The molecule has 1 rings (SSSR count). The second kappa shape index (κ2) is 4.65. The molecule has 0 saturated carbocycles. The van der Waals surface area contributed by atoms with Crippen LogP contribution in [0.3, 0.4) is 0 Å². The lowest BCUT2D eigenvalue weighted by Gasteiger charge is -1.96. The zero-order valence-corrected chi connectivity index (χ0v) is 8.58. The van der Waals surface area contributed by atoms with Crippen molar-refractivity contribution in [3.8, 4) is 0 Å². The molecule has 0 atom stereocenters. The highest BCUT2D eigenvalue weighted by Crippen LogP contribution is 2.23. The highest BCUT2D eigenvalue weighted by molar-refractivity contribution is 7.17. The molecule has 0 bridgehead atoms. The van der Waals surface area contributed by atoms with E-state index in [1.165, 1.54) is 10.5 Å². The van der Waals surface area contributed by atoms with Crippen LogP contribution < -0.4 is 5.73 Å². The van der Waals surface area contributed by atoms with E-state index in [0.29, 0.717) is 6.54 Å². The van der Waals surface area contributed by atoms with Crippen molar-refractivity contribution in [3.63, 3.8) is 0 Å². The zero-order chi connectivity index (χ0) is 8.97. The Morgan fingerprint density at radius 1 is 1.67 bits per heavy atom. The van der Waals surface area contributed by atoms with Gasteiger partial charge < -0.3 is 5.73 Å². The van der Waals surface area contributed by atoms with Gasteiger partial charge in [-0.2, -0.15) is 0 Å². The number of nitrogens with two attached hydrogens (primary N) is 1. The summed E-state index contributed by atoms with van der Waals surface area (Å²) in [6.07, 6.45) is 3.11. The van der Waals surface area contributed by atoms with Gasteiger partial charge in [0.15, 0.2) is 0 Å². The quantitative estimate of drug-likeness (QED) is 0.799. The summed E-state index contributed by atoms with van der Waals surface area (Å²) in [5.74, 6) is 0. The molecule has 0 fully saturated rings. The van der Waals surface area contributed by atoms with Gasteiger partial charge in [-0.1, -0.05) is 24.1 Å². The molecule has 0 aliphatic heterocycles. The van der Waals surface area contributed by atoms with Gasteiger partial charge in [-0.15, -0.1) is 11.3 Å². The molecular weight excluding hydrogens is 190 g/mol. The average molecular weight is 202 g/mol. The predicted molar refractivity (Wildman–Crippen MR) is 56.7 cm³/mol. The van der Waals surface area contributed by atoms with Crippen molar-refractivity contribution in [2.24, 2.45) is 5.73 Å². The largest absolute Gasteiger partial charge is 0.327 e. The molecule has 12 heavy (non-hydrogen) atoms. The van der Waals surface area contributed by atoms with Gasteiger partial charge in [0.25, 0.3) is 0 Å². The van der Waals surface area contributed by atoms with E-state index in [9.17, 15) is 0 Å². The smallest absolute Gasteiger partial charge is 0.0934 e. The maximum atomic E-state index is 5.79. The topological polar surface area (TPSA) is 26.0 Å². The summed E-state index contributed by atoms with van der Waals surface area (Å²) in [5, 5.41) is 0. The molecule has 1 aromatic heterocycles. The Hall–Kier alpha value is -0.310. The van der Waals surface area contributed by atoms with E-state index in [4.69, 9.17) is 17.3 Å². The van der Waals surface area contributed by atoms with Crippen LogP contribution in [0.1, 0.15) is 18.2 Å². The first-order valence-corrected chi connectivity index (χ1v) is 5.10. The third-order valence-corrected chi connectivity index (χ3v) is 2.83. The van der Waals surface area contributed by atoms with Gasteiger partial charge in [0.05, 0.1) is 4.34 Å². The average Bonchev–Trinajstić information content (AvgIpc) is 2.47. The van der Waals surface area contributed by atoms with Crippen LogP contribution in [0.2, 0.25) is 4.34 Å². The molecule has 0 amide bonds. The first-order chi connectivity index (χ1) is 5.76. The molecule has 0 aliphatic rings. The van der Waals surface area contributed by atoms with Gasteiger partial charge in [0.2, 0.25) is 0 Å². The normalized spacial score (nSPS) is 12.1. The molecule has 2 N–H and O–H groups in total. The van der Waals surface area contributed by atoms with Crippen LogP contribution in [0.5, 0.6) is 0 Å². The first-order valence-electron chi connectivity index (χ1n) is 3.91. The van der Waals surface area contributed by atoms with Crippen LogP contribution in [-0.2, 0) is 0 Å². The first kappa shape index (κ1) is 9.78. The monoisotopic (exact) mass is 201 g/mol. The molecule has 3 heteroatoms. The van der Waals surface area contributed by atoms with Gasteiger partial charge in [-0.05, 0) is 24.6 Å². The third-order valence-electron chi connectivity index (χ3n) is 1.66. The van der Waals surface area contributed by atoms with Crippen molar-refractivity contribution in [2.45, 2.75) is 13.3 Å². The van der Waals surface area contributed by atoms with Crippen LogP contribution in [0, 0.1) is 0 Å². The third kappa shape index (κ3) is 2.63. The summed E-state index contributed by atoms with van der Waals surface area (Å²) >= 11 is 7.37. The lowest BCUT2D eigenvalue weighted by atomic mass is 10.2. The minimum atomic E-state index is 0.631. The molecule has 0 spiro atoms. The Kier molecular flexibility index (Phi) is 3.79. The van der Waals surface area contributed by atoms with E-state index in [0.717, 1.165) is 10.8 Å². The van der Waals surface area contributed by atoms with E-state index in [-0.39, 0.29) is 0 Å². The Balaban J connectivity index is 2.78. The summed E-state index contributed by atoms with van der Waals surface area (Å²) in [7, 11) is 0. The fourth-order valence-electron chi connectivity index (χ4n) is 0.912. The molecule has 66 valence electrons. The lowest BCUT2D eigenvalue weighted by Crippen LogP contribution is -2.01. The number of rotatable bonds is 3. The Morgan fingerprint density at radius 3 is 2.83 bits per heavy atom. The van der Waals surface area contributed by atoms with Crippen LogP contribution in [0.4, 0.5) is 0 Å². The van der Waals surface area contributed by atoms with E-state index in [1.54, 1.807) is 11.3 Å². The number of hydrogen-bond donors (Lipinski definition) is 1. The number of hydrogen-bond acceptors (Lipinski definition) is 2. The number of halogens is 1. The standard InChI is InChI=1S/C9H12ClNS/c1-2-7(6-11)5-8-3-4-9(10)12-8/h3-5H,2,6,11H2,1H3. The van der Waals surface area contributed by atoms with Crippen LogP contribution in [0.25, 0.3) is 6.08 Å². The Bertz CT molecular complexity index is 272. The summed E-state index contributed by atoms with van der Waals surface area (Å²) in [6.45, 7) is 2.74. The van der Waals surface area contributed by atoms with Crippen LogP contribution in [-0.4, -0.2) is 6.54 Å². The predicted octanol–water partition coefficient (Wildman–Crippen LogP) is 3.15. The Labute approximate surface area is 81.9 Å². The van der Waals surface area contributed by atoms with Crippen molar-refractivity contribution in [1.29, 1.82) is 0 Å². The molecule has 1 aromatic rings. The highest BCUT2D eigenvalue weighted by Gasteiger charge is 1.95. The van der Waals surface area contributed by atoms with E-state index < -0.39 is 0 Å². The van der Waals surface area contributed by atoms with Gasteiger partial charge in [0, 0.05) is 11.4 Å². The fourth-order valence-corrected chi connectivity index (χ4v) is 1.97. The van der Waals surface area contributed by atoms with Crippen molar-refractivity contribution in [1.82, 2.24) is 0 Å². The molecule has 1 nitrogen and oxygen atoms in total. The van der Waals surface area contributed by atoms with Gasteiger partial charge in [-0.25, -0.2) is 0 Å². The van der Waals surface area contributed by atoms with Gasteiger partial charge >= 0.3 is 0 Å². The van der Waals surface area contributed by atoms with E-state index in [1.807, 2.05) is 12.1 Å². The Morgan fingerprint density at radius 2 is 2.42 bits per heavy atom. The minimum absolute atomic E-state index is 0.631. The zero-order valence-electron chi connectivity index (χ0n) is 7.01. The summed E-state index contributed by atoms with van der Waals surface area (Å²) in [4.78, 5) is 1.18. The second-order valence-electron chi connectivity index (χ2n) is 2.50. The molecule has 0 saturated heterocycles. The van der Waals surface area contributed by atoms with Crippen molar-refractivity contribution in [2.75, 3.05) is 6.54 Å². The van der Waals surface area contributed by atoms with Crippen molar-refractivity contribution < 1.29 is 0 Å². The van der Waals surface area contributed by atoms with Crippen molar-refractivity contribution in [3.05, 3.63) is 26.9 Å². The maximum Gasteiger partial charge on any atom is 0.0934 e. The molecule has 0 radical (unpaired) electrons. The molecule has 1 heterocycles. The summed E-state index contributed by atoms with van der Waals surface area (Å²) in [6, 6.07) is 3.92. The summed E-state index contributed by atoms with van der Waals surface area (Å²) < 4.78 is 0.828.